The van der Waals surface area contributed by atoms with Crippen molar-refractivity contribution < 1.29 is 14.3 Å². The van der Waals surface area contributed by atoms with E-state index in [1.54, 1.807) is 0 Å². The van der Waals surface area contributed by atoms with Gasteiger partial charge in [0.05, 0.1) is 0 Å². The quantitative estimate of drug-likeness (QED) is 0.481. The van der Waals surface area contributed by atoms with Crippen LogP contribution in [-0.2, 0) is 17.9 Å². The molecule has 5 heteroatoms. The van der Waals surface area contributed by atoms with E-state index >= 15 is 0 Å². The summed E-state index contributed by atoms with van der Waals surface area (Å²) in [6.45, 7) is 6.75. The summed E-state index contributed by atoms with van der Waals surface area (Å²) in [7, 11) is 0. The fraction of sp³-hybridized carbons (Fsp3) is 0.458. The second-order valence-corrected chi connectivity index (χ2v) is 9.53. The second-order valence-electron chi connectivity index (χ2n) is 8.62. The molecular formula is C24H30BrNO3. The Labute approximate surface area is 182 Å². The Bertz CT molecular complexity index is 811. The van der Waals surface area contributed by atoms with Gasteiger partial charge < -0.3 is 14.4 Å². The minimum absolute atomic E-state index is 0.234. The number of halogens is 1. The van der Waals surface area contributed by atoms with E-state index in [0.29, 0.717) is 13.2 Å². The molecule has 0 aliphatic heterocycles. The molecule has 3 rings (SSSR count). The molecule has 1 aliphatic carbocycles. The van der Waals surface area contributed by atoms with E-state index < -0.39 is 5.60 Å². The summed E-state index contributed by atoms with van der Waals surface area (Å²) in [4.78, 5) is 14.8. The number of hydrogen-bond donors (Lipinski definition) is 0. The Kier molecular flexibility index (Phi) is 7.23. The summed E-state index contributed by atoms with van der Waals surface area (Å²) < 4.78 is 12.6. The van der Waals surface area contributed by atoms with Crippen molar-refractivity contribution in [3.63, 3.8) is 0 Å². The lowest BCUT2D eigenvalue weighted by molar-refractivity contribution is 0.0144. The number of nitrogens with zero attached hydrogens (tertiary/aromatic N) is 1. The first-order valence-electron chi connectivity index (χ1n) is 10.3. The maximum Gasteiger partial charge on any atom is 0.410 e. The molecule has 1 amide bonds. The lowest BCUT2D eigenvalue weighted by Crippen LogP contribution is -2.41. The molecule has 0 atom stereocenters. The van der Waals surface area contributed by atoms with Crippen molar-refractivity contribution in [3.05, 3.63) is 64.1 Å². The number of carbonyl (C=O) groups excluding carboxylic acids is 1. The van der Waals surface area contributed by atoms with Crippen LogP contribution in [0.15, 0.2) is 53.0 Å². The average Bonchev–Trinajstić information content (AvgIpc) is 3.18. The molecule has 0 unspecified atom stereocenters. The lowest BCUT2D eigenvalue weighted by atomic mass is 10.1. The van der Waals surface area contributed by atoms with Crippen molar-refractivity contribution in [2.24, 2.45) is 0 Å². The van der Waals surface area contributed by atoms with Gasteiger partial charge in [-0.15, -0.1) is 0 Å². The summed E-state index contributed by atoms with van der Waals surface area (Å²) in [5, 5.41) is 0. The van der Waals surface area contributed by atoms with Crippen LogP contribution in [0.4, 0.5) is 4.79 Å². The smallest absolute Gasteiger partial charge is 0.410 e. The zero-order valence-corrected chi connectivity index (χ0v) is 19.1. The van der Waals surface area contributed by atoms with Gasteiger partial charge in [0.2, 0.25) is 0 Å². The third kappa shape index (κ3) is 6.77. The van der Waals surface area contributed by atoms with Crippen LogP contribution >= 0.6 is 15.9 Å². The predicted octanol–water partition coefficient (Wildman–Crippen LogP) is 6.71. The largest absolute Gasteiger partial charge is 0.489 e. The molecule has 1 aliphatic rings. The van der Waals surface area contributed by atoms with Crippen molar-refractivity contribution in [1.29, 1.82) is 0 Å². The highest BCUT2D eigenvalue weighted by atomic mass is 79.9. The predicted molar refractivity (Wildman–Crippen MR) is 119 cm³/mol. The van der Waals surface area contributed by atoms with Gasteiger partial charge in [-0.05, 0) is 62.9 Å². The Balaban J connectivity index is 1.74. The minimum atomic E-state index is -0.505. The first kappa shape index (κ1) is 21.7. The maximum absolute atomic E-state index is 12.9. The molecule has 0 heterocycles. The molecule has 2 aromatic carbocycles. The summed E-state index contributed by atoms with van der Waals surface area (Å²) in [6, 6.07) is 16.3. The van der Waals surface area contributed by atoms with Crippen LogP contribution in [-0.4, -0.2) is 22.6 Å². The van der Waals surface area contributed by atoms with Crippen molar-refractivity contribution in [2.45, 2.75) is 71.2 Å². The molecule has 29 heavy (non-hydrogen) atoms. The molecule has 0 saturated heterocycles. The Morgan fingerprint density at radius 3 is 2.41 bits per heavy atom. The standard InChI is InChI=1S/C24H30BrNO3/c1-24(2,3)29-23(27)26(21-11-7-8-12-21)16-19-13-20(25)15-22(14-19)28-17-18-9-5-4-6-10-18/h4-6,9-10,13-15,21H,7-8,11-12,16-17H2,1-3H3. The highest BCUT2D eigenvalue weighted by Gasteiger charge is 2.30. The molecule has 1 saturated carbocycles. The van der Waals surface area contributed by atoms with Crippen molar-refractivity contribution >= 4 is 22.0 Å². The van der Waals surface area contributed by atoms with Gasteiger partial charge in [-0.2, -0.15) is 0 Å². The third-order valence-electron chi connectivity index (χ3n) is 4.93. The lowest BCUT2D eigenvalue weighted by Gasteiger charge is -2.32. The van der Waals surface area contributed by atoms with E-state index in [4.69, 9.17) is 9.47 Å². The van der Waals surface area contributed by atoms with Crippen LogP contribution in [0.3, 0.4) is 0 Å². The zero-order chi connectivity index (χ0) is 20.9. The maximum atomic E-state index is 12.9. The Hall–Kier alpha value is -2.01. The minimum Gasteiger partial charge on any atom is -0.489 e. The summed E-state index contributed by atoms with van der Waals surface area (Å²) in [5.74, 6) is 0.786. The van der Waals surface area contributed by atoms with Crippen molar-refractivity contribution in [2.75, 3.05) is 0 Å². The molecule has 0 N–H and O–H groups in total. The topological polar surface area (TPSA) is 38.8 Å². The molecule has 1 fully saturated rings. The molecular weight excluding hydrogens is 430 g/mol. The monoisotopic (exact) mass is 459 g/mol. The Morgan fingerprint density at radius 1 is 1.07 bits per heavy atom. The fourth-order valence-electron chi connectivity index (χ4n) is 3.61. The molecule has 4 nitrogen and oxygen atoms in total. The van der Waals surface area contributed by atoms with Crippen LogP contribution in [0.2, 0.25) is 0 Å². The van der Waals surface area contributed by atoms with Gasteiger partial charge in [-0.25, -0.2) is 4.79 Å². The molecule has 0 radical (unpaired) electrons. The van der Waals surface area contributed by atoms with Gasteiger partial charge in [0.15, 0.2) is 0 Å². The molecule has 156 valence electrons. The van der Waals surface area contributed by atoms with Gasteiger partial charge in [-0.1, -0.05) is 59.1 Å². The van der Waals surface area contributed by atoms with E-state index in [1.165, 1.54) is 0 Å². The van der Waals surface area contributed by atoms with Crippen LogP contribution in [0.5, 0.6) is 5.75 Å². The highest BCUT2D eigenvalue weighted by molar-refractivity contribution is 9.10. The van der Waals surface area contributed by atoms with Crippen LogP contribution in [0, 0.1) is 0 Å². The third-order valence-corrected chi connectivity index (χ3v) is 5.38. The molecule has 2 aromatic rings. The highest BCUT2D eigenvalue weighted by Crippen LogP contribution is 2.29. The molecule has 0 bridgehead atoms. The SMILES string of the molecule is CC(C)(C)OC(=O)N(Cc1cc(Br)cc(OCc2ccccc2)c1)C1CCCC1. The number of carbonyl (C=O) groups is 1. The van der Waals surface area contributed by atoms with Crippen LogP contribution in [0.25, 0.3) is 0 Å². The number of amides is 1. The average molecular weight is 460 g/mol. The van der Waals surface area contributed by atoms with Gasteiger partial charge in [0.1, 0.15) is 18.0 Å². The van der Waals surface area contributed by atoms with E-state index in [1.807, 2.05) is 74.2 Å². The number of benzene rings is 2. The van der Waals surface area contributed by atoms with Gasteiger partial charge >= 0.3 is 6.09 Å². The number of rotatable bonds is 6. The van der Waals surface area contributed by atoms with Gasteiger partial charge in [-0.3, -0.25) is 0 Å². The molecule has 0 aromatic heterocycles. The Morgan fingerprint density at radius 2 is 1.76 bits per heavy atom. The van der Waals surface area contributed by atoms with E-state index in [-0.39, 0.29) is 12.1 Å². The normalized spacial score (nSPS) is 14.6. The van der Waals surface area contributed by atoms with E-state index in [2.05, 4.69) is 15.9 Å². The first-order chi connectivity index (χ1) is 13.8. The zero-order valence-electron chi connectivity index (χ0n) is 17.5. The van der Waals surface area contributed by atoms with Crippen LogP contribution in [0.1, 0.15) is 57.6 Å². The summed E-state index contributed by atoms with van der Waals surface area (Å²) in [5.41, 5.74) is 1.64. The van der Waals surface area contributed by atoms with E-state index in [9.17, 15) is 4.79 Å². The summed E-state index contributed by atoms with van der Waals surface area (Å²) in [6.07, 6.45) is 4.15. The van der Waals surface area contributed by atoms with Gasteiger partial charge in [0, 0.05) is 17.1 Å². The van der Waals surface area contributed by atoms with Crippen molar-refractivity contribution in [1.82, 2.24) is 4.90 Å². The fourth-order valence-corrected chi connectivity index (χ4v) is 4.13. The molecule has 0 spiro atoms. The second kappa shape index (κ2) is 9.66. The van der Waals surface area contributed by atoms with Gasteiger partial charge in [0.25, 0.3) is 0 Å². The van der Waals surface area contributed by atoms with E-state index in [0.717, 1.165) is 47.0 Å². The number of ether oxygens (including phenoxy) is 2. The van der Waals surface area contributed by atoms with Crippen LogP contribution < -0.4 is 4.74 Å². The first-order valence-corrected chi connectivity index (χ1v) is 11.1. The summed E-state index contributed by atoms with van der Waals surface area (Å²) >= 11 is 3.58. The van der Waals surface area contributed by atoms with Crippen molar-refractivity contribution in [3.8, 4) is 5.75 Å². The number of hydrogen-bond acceptors (Lipinski definition) is 3.